The Labute approximate surface area is 248 Å². The minimum Gasteiger partial charge on any atom is -0.506 e. The van der Waals surface area contributed by atoms with Crippen LogP contribution in [0.3, 0.4) is 0 Å². The Morgan fingerprint density at radius 2 is 1.55 bits per heavy atom. The molecular formula is C35H26N3OPt-. The average Bonchev–Trinajstić information content (AvgIpc) is 2.98. The monoisotopic (exact) mass is 699 g/mol. The number of aromatic hydroxyl groups is 1. The van der Waals surface area contributed by atoms with Crippen molar-refractivity contribution in [1.82, 2.24) is 9.97 Å². The molecule has 0 atom stereocenters. The zero-order valence-corrected chi connectivity index (χ0v) is 24.3. The molecule has 2 aromatic heterocycles. The van der Waals surface area contributed by atoms with Crippen LogP contribution < -0.4 is 4.90 Å². The zero-order valence-electron chi connectivity index (χ0n) is 22.1. The van der Waals surface area contributed by atoms with Gasteiger partial charge in [-0.25, -0.2) is 4.98 Å². The molecule has 0 aliphatic carbocycles. The molecule has 6 aromatic rings. The number of benzene rings is 4. The van der Waals surface area contributed by atoms with Gasteiger partial charge in [0, 0.05) is 38.3 Å². The number of rotatable bonds is 3. The smallest absolute Gasteiger partial charge is 0.140 e. The molecule has 0 spiro atoms. The van der Waals surface area contributed by atoms with Gasteiger partial charge in [0.25, 0.3) is 0 Å². The summed E-state index contributed by atoms with van der Waals surface area (Å²) in [5.41, 5.74) is 8.66. The molecule has 7 rings (SSSR count). The van der Waals surface area contributed by atoms with Crippen LogP contribution in [0.25, 0.3) is 33.3 Å². The van der Waals surface area contributed by atoms with Crippen LogP contribution in [0.5, 0.6) is 5.75 Å². The maximum Gasteiger partial charge on any atom is 0.140 e. The number of nitrogens with zero attached hydrogens (tertiary/aromatic N) is 3. The Morgan fingerprint density at radius 1 is 0.750 bits per heavy atom. The van der Waals surface area contributed by atoms with Crippen LogP contribution in [0.15, 0.2) is 115 Å². The van der Waals surface area contributed by atoms with Gasteiger partial charge in [0.2, 0.25) is 0 Å². The molecule has 0 saturated heterocycles. The maximum absolute atomic E-state index is 10.4. The number of fused-ring (bicyclic) bond motifs is 3. The van der Waals surface area contributed by atoms with Gasteiger partial charge in [-0.3, -0.25) is 4.98 Å². The molecule has 1 N–H and O–H groups in total. The summed E-state index contributed by atoms with van der Waals surface area (Å²) in [4.78, 5) is 11.9. The fraction of sp³-hybridized carbons (Fsp3) is 0.0857. The van der Waals surface area contributed by atoms with Gasteiger partial charge in [0.1, 0.15) is 17.1 Å². The molecule has 0 amide bonds. The molecule has 1 aliphatic heterocycles. The van der Waals surface area contributed by atoms with Gasteiger partial charge in [-0.2, -0.15) is 0 Å². The van der Waals surface area contributed by atoms with Crippen molar-refractivity contribution < 1.29 is 26.2 Å². The van der Waals surface area contributed by atoms with Crippen molar-refractivity contribution in [2.45, 2.75) is 19.3 Å². The summed E-state index contributed by atoms with van der Waals surface area (Å²) in [5.74, 6) is 1.00. The number of phenolic OH excluding ortho intramolecular Hbond substituents is 1. The van der Waals surface area contributed by atoms with E-state index in [9.17, 15) is 5.11 Å². The van der Waals surface area contributed by atoms with E-state index in [2.05, 4.69) is 91.5 Å². The van der Waals surface area contributed by atoms with Crippen LogP contribution in [0.4, 0.5) is 17.2 Å². The van der Waals surface area contributed by atoms with Gasteiger partial charge in [-0.1, -0.05) is 92.2 Å². The first kappa shape index (κ1) is 26.0. The van der Waals surface area contributed by atoms with E-state index >= 15 is 0 Å². The normalized spacial score (nSPS) is 13.3. The Kier molecular flexibility index (Phi) is 6.52. The second kappa shape index (κ2) is 10.0. The molecule has 1 aliphatic rings. The minimum atomic E-state index is -0.233. The van der Waals surface area contributed by atoms with Crippen molar-refractivity contribution in [3.05, 3.63) is 133 Å². The molecule has 5 heteroatoms. The van der Waals surface area contributed by atoms with E-state index in [4.69, 9.17) is 9.97 Å². The number of para-hydroxylation sites is 2. The van der Waals surface area contributed by atoms with E-state index in [0.717, 1.165) is 45.0 Å². The summed E-state index contributed by atoms with van der Waals surface area (Å²) in [6.07, 6.45) is 1.87. The number of aromatic nitrogens is 2. The summed E-state index contributed by atoms with van der Waals surface area (Å²) in [6, 6.07) is 40.5. The number of hydrogen-bond donors (Lipinski definition) is 1. The third-order valence-corrected chi connectivity index (χ3v) is 7.70. The average molecular weight is 700 g/mol. The first-order valence-corrected chi connectivity index (χ1v) is 13.1. The van der Waals surface area contributed by atoms with Crippen LogP contribution in [0.2, 0.25) is 0 Å². The molecule has 198 valence electrons. The molecule has 3 heterocycles. The van der Waals surface area contributed by atoms with Gasteiger partial charge in [0.05, 0.1) is 0 Å². The van der Waals surface area contributed by atoms with Crippen molar-refractivity contribution in [1.29, 1.82) is 0 Å². The largest absolute Gasteiger partial charge is 0.506 e. The summed E-state index contributed by atoms with van der Waals surface area (Å²) in [7, 11) is 0. The molecule has 0 bridgehead atoms. The van der Waals surface area contributed by atoms with E-state index in [1.807, 2.05) is 42.6 Å². The third-order valence-electron chi connectivity index (χ3n) is 7.70. The second-order valence-electron chi connectivity index (χ2n) is 10.4. The summed E-state index contributed by atoms with van der Waals surface area (Å²) >= 11 is 0. The van der Waals surface area contributed by atoms with Crippen molar-refractivity contribution >= 4 is 28.1 Å². The number of pyridine rings is 2. The molecule has 4 nitrogen and oxygen atoms in total. The van der Waals surface area contributed by atoms with Gasteiger partial charge >= 0.3 is 0 Å². The molecule has 0 saturated carbocycles. The van der Waals surface area contributed by atoms with E-state index in [0.29, 0.717) is 5.52 Å². The van der Waals surface area contributed by atoms with E-state index in [1.54, 1.807) is 6.07 Å². The Balaban J connectivity index is 0.00000289. The van der Waals surface area contributed by atoms with Crippen molar-refractivity contribution in [2.75, 3.05) is 4.90 Å². The standard InChI is InChI=1S/C35H26N3O.Pt/c1-35(2)27-12-6-7-13-30(27)38(33-22-25(19-20-36-33)23-9-4-3-5-10-23)31-21-26(15-17-28(31)35)29-18-16-24-11-8-14-32(39)34(24)37-29;/h3-20,22,39H,1-2H3;/q-1;. The number of anilines is 3. The predicted molar refractivity (Wildman–Crippen MR) is 158 cm³/mol. The first-order chi connectivity index (χ1) is 19.0. The van der Waals surface area contributed by atoms with Crippen LogP contribution in [-0.2, 0) is 26.5 Å². The maximum atomic E-state index is 10.4. The fourth-order valence-electron chi connectivity index (χ4n) is 5.65. The molecule has 0 radical (unpaired) electrons. The van der Waals surface area contributed by atoms with Crippen LogP contribution in [0.1, 0.15) is 25.0 Å². The van der Waals surface area contributed by atoms with Crippen molar-refractivity contribution in [3.8, 4) is 28.1 Å². The Morgan fingerprint density at radius 3 is 2.40 bits per heavy atom. The summed E-state index contributed by atoms with van der Waals surface area (Å²) < 4.78 is 0. The second-order valence-corrected chi connectivity index (χ2v) is 10.4. The molecule has 0 fully saturated rings. The van der Waals surface area contributed by atoms with Crippen LogP contribution >= 0.6 is 0 Å². The fourth-order valence-corrected chi connectivity index (χ4v) is 5.65. The van der Waals surface area contributed by atoms with Gasteiger partial charge in [-0.15, -0.1) is 23.8 Å². The predicted octanol–water partition coefficient (Wildman–Crippen LogP) is 8.58. The van der Waals surface area contributed by atoms with Gasteiger partial charge in [0.15, 0.2) is 0 Å². The van der Waals surface area contributed by atoms with Gasteiger partial charge < -0.3 is 10.0 Å². The first-order valence-electron chi connectivity index (χ1n) is 13.1. The Bertz CT molecular complexity index is 1870. The SMILES string of the molecule is CC1(C)c2ccc(-c3ccc4cccc(O)c4n3)[c-]c2N(c2cc(-c3ccccc3)ccn2)c2ccccc21.[Pt]. The summed E-state index contributed by atoms with van der Waals surface area (Å²) in [5, 5.41) is 11.3. The molecule has 40 heavy (non-hydrogen) atoms. The van der Waals surface area contributed by atoms with E-state index in [1.165, 1.54) is 11.1 Å². The Hall–Kier alpha value is -4.27. The van der Waals surface area contributed by atoms with Crippen LogP contribution in [0, 0.1) is 6.07 Å². The van der Waals surface area contributed by atoms with Crippen molar-refractivity contribution in [2.24, 2.45) is 0 Å². The number of hydrogen-bond acceptors (Lipinski definition) is 4. The van der Waals surface area contributed by atoms with Crippen LogP contribution in [-0.4, -0.2) is 15.1 Å². The molecule has 0 unspecified atom stereocenters. The van der Waals surface area contributed by atoms with E-state index in [-0.39, 0.29) is 32.2 Å². The third kappa shape index (κ3) is 4.20. The van der Waals surface area contributed by atoms with Crippen molar-refractivity contribution in [3.63, 3.8) is 0 Å². The summed E-state index contributed by atoms with van der Waals surface area (Å²) in [6.45, 7) is 4.52. The molecule has 4 aromatic carbocycles. The zero-order chi connectivity index (χ0) is 26.6. The minimum absolute atomic E-state index is 0. The number of phenols is 1. The molecular weight excluding hydrogens is 673 g/mol. The van der Waals surface area contributed by atoms with E-state index < -0.39 is 0 Å². The van der Waals surface area contributed by atoms with Gasteiger partial charge in [-0.05, 0) is 57.8 Å². The topological polar surface area (TPSA) is 49.3 Å². The quantitative estimate of drug-likeness (QED) is 0.188.